The zero-order valence-electron chi connectivity index (χ0n) is 45.0. The fraction of sp³-hybridized carbons (Fsp3) is 0.183. The number of aromatic nitrogens is 12. The first kappa shape index (κ1) is 61.0. The van der Waals surface area contributed by atoms with Crippen LogP contribution in [0.4, 0.5) is 22.9 Å². The summed E-state index contributed by atoms with van der Waals surface area (Å²) < 4.78 is 12.7. The van der Waals surface area contributed by atoms with Gasteiger partial charge in [0.25, 0.3) is 5.82 Å². The van der Waals surface area contributed by atoms with Gasteiger partial charge in [-0.3, -0.25) is 10.1 Å². The SMILES string of the molecule is C.[C-]#[N+]c1cc(-c2n[nH]c(-c3ccncc3)n2)ccn1.[C-]#[N+]c1cc(-c2nc(C)c(C(=O)O)s2)ccc1OCC(C)C.[C-]#[N+]c1cc(-n2cc(C(=O)O)cn2)ccc1OCC(C)(C)C.[C-]#[N+]c1cccc(-c2ccc(-c3nn[nH]n3)cc2)c1. The first-order chi connectivity index (χ1) is 39.4. The molecule has 0 atom stereocenters. The van der Waals surface area contributed by atoms with E-state index in [0.717, 1.165) is 44.7 Å². The second kappa shape index (κ2) is 28.6. The number of H-pyrrole nitrogens is 2. The minimum atomic E-state index is -1.04. The fourth-order valence-corrected chi connectivity index (χ4v) is 7.96. The van der Waals surface area contributed by atoms with Crippen molar-refractivity contribution in [2.24, 2.45) is 11.3 Å². The lowest BCUT2D eigenvalue weighted by molar-refractivity contribution is 0.0688. The Kier molecular flexibility index (Phi) is 21.0. The standard InChI is InChI=1S/C16H17N3O3.C16H16N2O3S.C14H9N5.C13H8N6.CH4/c1-16(2,3)10-22-14-6-5-12(7-13(14)17-4)19-9-11(8-18-19)15(20)21;1-9(2)8-21-13-6-5-11(7-12(13)17-4)15-18-10(3)14(22-15)16(19)20;1-15-13-4-2-3-12(9-13)10-5-7-11(8-6-10)14-16-18-19-17-14;1-14-11-8-10(4-7-16-11)13-17-12(18-19-13)9-2-5-15-6-3-9;/h5-9H,10H2,1-3H3,(H,20,21);5-7,9H,8H2,1-3H3,(H,19,20);2-9H,(H,16,17,18,19);2-8H,(H,17,18,19);1H4. The molecule has 0 aliphatic carbocycles. The van der Waals surface area contributed by atoms with Crippen molar-refractivity contribution in [2.45, 2.75) is 49.0 Å². The lowest BCUT2D eigenvalue weighted by Crippen LogP contribution is -2.16. The number of rotatable bonds is 13. The highest BCUT2D eigenvalue weighted by Gasteiger charge is 2.18. The van der Waals surface area contributed by atoms with Crippen LogP contribution in [-0.2, 0) is 0 Å². The van der Waals surface area contributed by atoms with Gasteiger partial charge < -0.3 is 24.5 Å². The normalized spacial score (nSPS) is 10.3. The number of nitrogens with zero attached hydrogens (tertiary/aromatic N) is 14. The number of aromatic carboxylic acids is 2. The fourth-order valence-electron chi connectivity index (χ4n) is 7.06. The van der Waals surface area contributed by atoms with E-state index in [1.54, 1.807) is 80.1 Å². The quantitative estimate of drug-likeness (QED) is 0.0782. The number of tetrazole rings is 1. The monoisotopic (exact) mass is 1130 g/mol. The molecule has 4 N–H and O–H groups in total. The maximum absolute atomic E-state index is 11.1. The molecule has 0 spiro atoms. The molecule has 10 aromatic rings. The van der Waals surface area contributed by atoms with Gasteiger partial charge in [-0.2, -0.15) is 15.4 Å². The minimum Gasteiger partial charge on any atom is -0.504 e. The molecule has 0 aliphatic rings. The summed E-state index contributed by atoms with van der Waals surface area (Å²) in [6.45, 7) is 41.5. The number of hydrogen-bond donors (Lipinski definition) is 4. The number of hydrogen-bond acceptors (Lipinski definition) is 14. The van der Waals surface area contributed by atoms with E-state index >= 15 is 0 Å². The Hall–Kier alpha value is -11.3. The van der Waals surface area contributed by atoms with Crippen LogP contribution in [0.5, 0.6) is 11.5 Å². The highest BCUT2D eigenvalue weighted by molar-refractivity contribution is 7.17. The summed E-state index contributed by atoms with van der Waals surface area (Å²) in [6.07, 6.45) is 7.64. The summed E-state index contributed by atoms with van der Waals surface area (Å²) in [4.78, 5) is 52.4. The topological polar surface area (TPSA) is 263 Å². The molecule has 0 amide bonds. The summed E-state index contributed by atoms with van der Waals surface area (Å²) >= 11 is 1.11. The Balaban J connectivity index is 0.000000177. The molecule has 22 nitrogen and oxygen atoms in total. The number of nitrogens with one attached hydrogen (secondary N) is 2. The Labute approximate surface area is 482 Å². The number of aromatic amines is 2. The largest absolute Gasteiger partial charge is 0.504 e. The molecular formula is C60H54N16O6S. The van der Waals surface area contributed by atoms with E-state index < -0.39 is 11.9 Å². The Morgan fingerprint density at radius 1 is 0.711 bits per heavy atom. The van der Waals surface area contributed by atoms with Crippen LogP contribution in [0.2, 0.25) is 0 Å². The van der Waals surface area contributed by atoms with E-state index in [1.165, 1.54) is 17.1 Å². The Morgan fingerprint density at radius 3 is 2.02 bits per heavy atom. The molecule has 0 saturated carbocycles. The number of carbonyl (C=O) groups is 2. The highest BCUT2D eigenvalue weighted by Crippen LogP contribution is 2.36. The number of thiazole rings is 1. The van der Waals surface area contributed by atoms with Crippen molar-refractivity contribution in [1.29, 1.82) is 0 Å². The minimum absolute atomic E-state index is 0. The lowest BCUT2D eigenvalue weighted by atomic mass is 9.99. The van der Waals surface area contributed by atoms with Gasteiger partial charge in [-0.25, -0.2) is 38.8 Å². The van der Waals surface area contributed by atoms with E-state index in [2.05, 4.69) is 96.0 Å². The van der Waals surface area contributed by atoms with E-state index in [1.807, 2.05) is 68.4 Å². The summed E-state index contributed by atoms with van der Waals surface area (Å²) in [6, 6.07) is 32.8. The maximum atomic E-state index is 11.1. The maximum Gasteiger partial charge on any atom is 0.347 e. The zero-order valence-corrected chi connectivity index (χ0v) is 45.8. The third kappa shape index (κ3) is 16.9. The van der Waals surface area contributed by atoms with Crippen molar-refractivity contribution in [3.63, 3.8) is 0 Å². The van der Waals surface area contributed by atoms with Crippen molar-refractivity contribution in [3.8, 4) is 73.0 Å². The zero-order chi connectivity index (χ0) is 58.8. The predicted molar refractivity (Wildman–Crippen MR) is 315 cm³/mol. The second-order valence-corrected chi connectivity index (χ2v) is 20.1. The molecule has 6 aromatic heterocycles. The van der Waals surface area contributed by atoms with Gasteiger partial charge in [-0.05, 0) is 95.3 Å². The molecule has 416 valence electrons. The van der Waals surface area contributed by atoms with Gasteiger partial charge in [0.1, 0.15) is 27.6 Å². The molecule has 0 unspecified atom stereocenters. The first-order valence-electron chi connectivity index (χ1n) is 24.7. The summed E-state index contributed by atoms with van der Waals surface area (Å²) in [5.74, 6) is 1.51. The van der Waals surface area contributed by atoms with E-state index in [9.17, 15) is 9.59 Å². The summed E-state index contributed by atoms with van der Waals surface area (Å²) in [5, 5.41) is 43.4. The van der Waals surface area contributed by atoms with Crippen molar-refractivity contribution in [3.05, 3.63) is 202 Å². The number of benzene rings is 4. The van der Waals surface area contributed by atoms with Crippen LogP contribution in [0.25, 0.3) is 80.9 Å². The van der Waals surface area contributed by atoms with Crippen molar-refractivity contribution in [2.75, 3.05) is 13.2 Å². The molecule has 0 saturated heterocycles. The predicted octanol–water partition coefficient (Wildman–Crippen LogP) is 14.1. The van der Waals surface area contributed by atoms with E-state index in [-0.39, 0.29) is 23.3 Å². The first-order valence-corrected chi connectivity index (χ1v) is 25.5. The second-order valence-electron chi connectivity index (χ2n) is 19.1. The molecule has 0 bridgehead atoms. The molecule has 10 rings (SSSR count). The van der Waals surface area contributed by atoms with Gasteiger partial charge in [0, 0.05) is 40.8 Å². The van der Waals surface area contributed by atoms with E-state index in [4.69, 9.17) is 46.0 Å². The lowest BCUT2D eigenvalue weighted by Gasteiger charge is -2.19. The average Bonchev–Trinajstić information content (AvgIpc) is 4.56. The van der Waals surface area contributed by atoms with Crippen LogP contribution in [-0.4, -0.2) is 95.9 Å². The van der Waals surface area contributed by atoms with Gasteiger partial charge in [-0.1, -0.05) is 97.1 Å². The molecular weight excluding hydrogens is 1070 g/mol. The van der Waals surface area contributed by atoms with Crippen LogP contribution in [0.15, 0.2) is 140 Å². The van der Waals surface area contributed by atoms with Gasteiger partial charge in [-0.15, -0.1) is 26.5 Å². The van der Waals surface area contributed by atoms with Crippen LogP contribution in [0.3, 0.4) is 0 Å². The molecule has 4 aromatic carbocycles. The van der Waals surface area contributed by atoms with Gasteiger partial charge in [0.05, 0.1) is 56.1 Å². The third-order valence-corrected chi connectivity index (χ3v) is 12.3. The van der Waals surface area contributed by atoms with Gasteiger partial charge in [0.2, 0.25) is 17.2 Å². The van der Waals surface area contributed by atoms with Crippen molar-refractivity contribution in [1.82, 2.24) is 60.5 Å². The summed E-state index contributed by atoms with van der Waals surface area (Å²) in [5.41, 5.74) is 7.97. The highest BCUT2D eigenvalue weighted by atomic mass is 32.1. The molecule has 0 fully saturated rings. The van der Waals surface area contributed by atoms with Crippen LogP contribution in [0.1, 0.15) is 67.8 Å². The van der Waals surface area contributed by atoms with Crippen LogP contribution >= 0.6 is 11.3 Å². The van der Waals surface area contributed by atoms with Crippen molar-refractivity contribution >= 4 is 46.2 Å². The van der Waals surface area contributed by atoms with Crippen LogP contribution < -0.4 is 9.47 Å². The molecule has 0 aliphatic heterocycles. The number of carboxylic acids is 2. The molecule has 23 heteroatoms. The van der Waals surface area contributed by atoms with Crippen LogP contribution in [0, 0.1) is 44.5 Å². The molecule has 83 heavy (non-hydrogen) atoms. The van der Waals surface area contributed by atoms with Gasteiger partial charge in [0.15, 0.2) is 17.3 Å². The smallest absolute Gasteiger partial charge is 0.347 e. The Morgan fingerprint density at radius 2 is 1.40 bits per heavy atom. The summed E-state index contributed by atoms with van der Waals surface area (Å²) in [7, 11) is 0. The number of aryl methyl sites for hydroxylation is 1. The van der Waals surface area contributed by atoms with Crippen molar-refractivity contribution < 1.29 is 29.3 Å². The van der Waals surface area contributed by atoms with E-state index in [0.29, 0.717) is 87.4 Å². The number of ether oxygens (including phenoxy) is 2. The third-order valence-electron chi connectivity index (χ3n) is 11.1. The number of pyridine rings is 2. The Bertz CT molecular complexity index is 3980. The van der Waals surface area contributed by atoms with Gasteiger partial charge >= 0.3 is 11.9 Å². The number of carboxylic acid groups (broad SMARTS) is 2. The molecule has 0 radical (unpaired) electrons. The molecule has 6 heterocycles. The average molecular weight is 1130 g/mol.